The molecule has 0 atom stereocenters. The Hall–Kier alpha value is -7.08. The Balaban J connectivity index is 0.000000163. The minimum Gasteiger partial charge on any atom is -0.478 e. The Bertz CT molecular complexity index is 2120. The van der Waals surface area contributed by atoms with E-state index in [4.69, 9.17) is 30.6 Å². The van der Waals surface area contributed by atoms with Gasteiger partial charge in [0.15, 0.2) is 0 Å². The van der Waals surface area contributed by atoms with Gasteiger partial charge in [-0.2, -0.15) is 0 Å². The molecule has 0 aromatic heterocycles. The van der Waals surface area contributed by atoms with Crippen LogP contribution in [0, 0.1) is 0 Å². The predicted octanol–water partition coefficient (Wildman–Crippen LogP) is 6.71. The molecule has 0 saturated heterocycles. The third-order valence-corrected chi connectivity index (χ3v) is 7.05. The van der Waals surface area contributed by atoms with Gasteiger partial charge < -0.3 is 30.6 Å². The minimum atomic E-state index is -1.06. The molecule has 0 saturated carbocycles. The molecule has 240 valence electrons. The molecule has 0 fully saturated rings. The van der Waals surface area contributed by atoms with Crippen molar-refractivity contribution in [3.63, 3.8) is 0 Å². The fraction of sp³-hybridized carbons (Fsp3) is 0. The number of carboxylic acid groups (broad SMARTS) is 6. The molecule has 6 rings (SSSR count). The summed E-state index contributed by atoms with van der Waals surface area (Å²) in [6.45, 7) is 0. The van der Waals surface area contributed by atoms with Crippen molar-refractivity contribution in [2.45, 2.75) is 0 Å². The molecular weight excluding hydrogens is 624 g/mol. The van der Waals surface area contributed by atoms with Gasteiger partial charge in [-0.15, -0.1) is 0 Å². The van der Waals surface area contributed by atoms with Crippen LogP contribution in [0.3, 0.4) is 0 Å². The van der Waals surface area contributed by atoms with Crippen molar-refractivity contribution in [1.29, 1.82) is 0 Å². The van der Waals surface area contributed by atoms with E-state index in [1.165, 1.54) is 60.7 Å². The van der Waals surface area contributed by atoms with Gasteiger partial charge in [-0.3, -0.25) is 0 Å². The zero-order chi connectivity index (χ0) is 35.1. The number of aromatic carboxylic acids is 6. The SMILES string of the molecule is O=C(O)c1ccc(C(=O)O)c2ccccc12.O=C(O)c1ccc2cc(C(=O)O)ccc2c1.O=C(O)c1ccc2ccc(C(=O)O)cc2c1. The van der Waals surface area contributed by atoms with E-state index in [-0.39, 0.29) is 33.4 Å². The molecule has 0 unspecified atom stereocenters. The molecule has 0 aliphatic carbocycles. The topological polar surface area (TPSA) is 224 Å². The second-order valence-corrected chi connectivity index (χ2v) is 10.1. The van der Waals surface area contributed by atoms with Gasteiger partial charge in [-0.1, -0.05) is 48.5 Å². The molecule has 12 heteroatoms. The molecular formula is C36H24O12. The zero-order valence-corrected chi connectivity index (χ0v) is 24.5. The van der Waals surface area contributed by atoms with Crippen LogP contribution < -0.4 is 0 Å². The van der Waals surface area contributed by atoms with Gasteiger partial charge in [0.2, 0.25) is 0 Å². The summed E-state index contributed by atoms with van der Waals surface area (Å²) in [5.41, 5.74) is 0.900. The molecule has 0 spiro atoms. The average molecular weight is 649 g/mol. The maximum Gasteiger partial charge on any atom is 0.336 e. The molecule has 12 nitrogen and oxygen atoms in total. The van der Waals surface area contributed by atoms with Crippen molar-refractivity contribution in [3.05, 3.63) is 143 Å². The van der Waals surface area contributed by atoms with Crippen LogP contribution in [0.25, 0.3) is 32.3 Å². The first-order valence-electron chi connectivity index (χ1n) is 13.8. The second-order valence-electron chi connectivity index (χ2n) is 10.1. The summed E-state index contributed by atoms with van der Waals surface area (Å²) in [4.78, 5) is 64.8. The van der Waals surface area contributed by atoms with Crippen LogP contribution in [0.2, 0.25) is 0 Å². The fourth-order valence-electron chi connectivity index (χ4n) is 4.70. The van der Waals surface area contributed by atoms with Gasteiger partial charge in [0.25, 0.3) is 0 Å². The van der Waals surface area contributed by atoms with E-state index in [2.05, 4.69) is 0 Å². The van der Waals surface area contributed by atoms with Gasteiger partial charge in [0.05, 0.1) is 33.4 Å². The molecule has 6 aromatic carbocycles. The lowest BCUT2D eigenvalue weighted by Crippen LogP contribution is -2.02. The van der Waals surface area contributed by atoms with Gasteiger partial charge in [0, 0.05) is 0 Å². The second kappa shape index (κ2) is 14.3. The monoisotopic (exact) mass is 648 g/mol. The molecule has 0 bridgehead atoms. The summed E-state index contributed by atoms with van der Waals surface area (Å²) in [5, 5.41) is 56.9. The first-order chi connectivity index (χ1) is 22.8. The normalized spacial score (nSPS) is 10.2. The van der Waals surface area contributed by atoms with Crippen LogP contribution >= 0.6 is 0 Å². The molecule has 0 amide bonds. The lowest BCUT2D eigenvalue weighted by atomic mass is 10.00. The quantitative estimate of drug-likeness (QED) is 0.111. The summed E-state index contributed by atoms with van der Waals surface area (Å²) in [7, 11) is 0. The van der Waals surface area contributed by atoms with Crippen LogP contribution in [0.1, 0.15) is 62.1 Å². The Morgan fingerprint density at radius 3 is 0.896 bits per heavy atom. The van der Waals surface area contributed by atoms with Crippen molar-refractivity contribution in [1.82, 2.24) is 0 Å². The lowest BCUT2D eigenvalue weighted by molar-refractivity contribution is 0.0684. The molecule has 6 N–H and O–H groups in total. The van der Waals surface area contributed by atoms with Crippen molar-refractivity contribution < 1.29 is 59.4 Å². The summed E-state index contributed by atoms with van der Waals surface area (Å²) >= 11 is 0. The number of carbonyl (C=O) groups is 6. The fourth-order valence-corrected chi connectivity index (χ4v) is 4.70. The van der Waals surface area contributed by atoms with Gasteiger partial charge >= 0.3 is 35.8 Å². The predicted molar refractivity (Wildman–Crippen MR) is 174 cm³/mol. The van der Waals surface area contributed by atoms with E-state index in [1.54, 1.807) is 48.5 Å². The smallest absolute Gasteiger partial charge is 0.336 e. The first kappa shape index (κ1) is 33.8. The van der Waals surface area contributed by atoms with Gasteiger partial charge in [0.1, 0.15) is 0 Å². The Labute approximate surface area is 270 Å². The van der Waals surface area contributed by atoms with Crippen LogP contribution in [0.4, 0.5) is 0 Å². The van der Waals surface area contributed by atoms with Gasteiger partial charge in [-0.25, -0.2) is 28.8 Å². The van der Waals surface area contributed by atoms with Crippen molar-refractivity contribution >= 4 is 68.1 Å². The standard InChI is InChI=1S/3C12H8O4/c13-11(14)9-3-1-7-5-10(12(15)16)4-2-8(7)6-9;13-11(14)8-3-1-7-2-4-9(12(15)16)6-10(7)5-8;13-11(14)9-5-6-10(12(15)16)8-4-2-1-3-7(8)9/h3*1-6H,(H,13,14)(H,15,16). The van der Waals surface area contributed by atoms with E-state index in [0.717, 1.165) is 5.39 Å². The summed E-state index contributed by atoms with van der Waals surface area (Å²) in [6, 6.07) is 27.6. The Morgan fingerprint density at radius 2 is 0.604 bits per heavy atom. The summed E-state index contributed by atoms with van der Waals surface area (Å²) in [6.07, 6.45) is 0. The number of fused-ring (bicyclic) bond motifs is 3. The third-order valence-electron chi connectivity index (χ3n) is 7.05. The highest BCUT2D eigenvalue weighted by atomic mass is 16.4. The van der Waals surface area contributed by atoms with E-state index in [0.29, 0.717) is 26.9 Å². The van der Waals surface area contributed by atoms with E-state index in [1.807, 2.05) is 0 Å². The number of hydrogen-bond donors (Lipinski definition) is 6. The Morgan fingerprint density at radius 1 is 0.312 bits per heavy atom. The minimum absolute atomic E-state index is 0.112. The molecule has 48 heavy (non-hydrogen) atoms. The molecule has 0 radical (unpaired) electrons. The van der Waals surface area contributed by atoms with E-state index < -0.39 is 35.8 Å². The van der Waals surface area contributed by atoms with E-state index in [9.17, 15) is 28.8 Å². The maximum absolute atomic E-state index is 10.9. The number of benzene rings is 6. The first-order valence-corrected chi connectivity index (χ1v) is 13.8. The number of hydrogen-bond acceptors (Lipinski definition) is 6. The zero-order valence-electron chi connectivity index (χ0n) is 24.5. The summed E-state index contributed by atoms with van der Waals surface area (Å²) in [5.74, 6) is -6.17. The average Bonchev–Trinajstić information content (AvgIpc) is 3.07. The third kappa shape index (κ3) is 7.76. The summed E-state index contributed by atoms with van der Waals surface area (Å²) < 4.78 is 0. The molecule has 0 heterocycles. The van der Waals surface area contributed by atoms with Crippen LogP contribution in [-0.4, -0.2) is 66.5 Å². The van der Waals surface area contributed by atoms with Crippen molar-refractivity contribution in [3.8, 4) is 0 Å². The molecule has 0 aliphatic heterocycles. The van der Waals surface area contributed by atoms with Gasteiger partial charge in [-0.05, 0) is 93.0 Å². The van der Waals surface area contributed by atoms with Crippen LogP contribution in [0.15, 0.2) is 109 Å². The highest BCUT2D eigenvalue weighted by Crippen LogP contribution is 2.23. The highest BCUT2D eigenvalue weighted by Gasteiger charge is 2.14. The maximum atomic E-state index is 10.9. The number of rotatable bonds is 6. The highest BCUT2D eigenvalue weighted by molar-refractivity contribution is 6.11. The lowest BCUT2D eigenvalue weighted by Gasteiger charge is -2.05. The van der Waals surface area contributed by atoms with Crippen LogP contribution in [0.5, 0.6) is 0 Å². The number of carboxylic acids is 6. The van der Waals surface area contributed by atoms with Crippen LogP contribution in [-0.2, 0) is 0 Å². The molecule has 6 aromatic rings. The molecule has 0 aliphatic rings. The Kier molecular flexibility index (Phi) is 10.1. The van der Waals surface area contributed by atoms with E-state index >= 15 is 0 Å². The van der Waals surface area contributed by atoms with Crippen molar-refractivity contribution in [2.24, 2.45) is 0 Å². The van der Waals surface area contributed by atoms with Crippen molar-refractivity contribution in [2.75, 3.05) is 0 Å². The largest absolute Gasteiger partial charge is 0.478 e.